The van der Waals surface area contributed by atoms with E-state index in [2.05, 4.69) is 10.1 Å². The topological polar surface area (TPSA) is 56.7 Å². The summed E-state index contributed by atoms with van der Waals surface area (Å²) in [6.07, 6.45) is 7.37. The van der Waals surface area contributed by atoms with Gasteiger partial charge in [-0.15, -0.1) is 0 Å². The van der Waals surface area contributed by atoms with Gasteiger partial charge in [0.1, 0.15) is 0 Å². The molecule has 0 radical (unpaired) electrons. The highest BCUT2D eigenvalue weighted by Gasteiger charge is 1.99. The molecule has 0 saturated heterocycles. The van der Waals surface area contributed by atoms with E-state index in [-0.39, 0.29) is 0 Å². The van der Waals surface area contributed by atoms with E-state index in [1.807, 2.05) is 29.2 Å². The Morgan fingerprint density at radius 3 is 2.71 bits per heavy atom. The maximum atomic E-state index is 5.44. The van der Waals surface area contributed by atoms with E-state index in [1.54, 1.807) is 12.4 Å². The number of rotatable bonds is 3. The Kier molecular flexibility index (Phi) is 2.55. The molecule has 0 saturated carbocycles. The number of hydrogen-bond acceptors (Lipinski definition) is 3. The van der Waals surface area contributed by atoms with Crippen molar-refractivity contribution < 1.29 is 0 Å². The van der Waals surface area contributed by atoms with Crippen molar-refractivity contribution in [3.8, 4) is 11.1 Å². The second-order valence-corrected chi connectivity index (χ2v) is 3.02. The van der Waals surface area contributed by atoms with Crippen LogP contribution in [0.2, 0.25) is 0 Å². The smallest absolute Gasteiger partial charge is 0.0568 e. The van der Waals surface area contributed by atoms with Crippen LogP contribution in [-0.2, 0) is 6.54 Å². The Morgan fingerprint density at radius 1 is 1.21 bits per heavy atom. The zero-order valence-corrected chi connectivity index (χ0v) is 7.80. The van der Waals surface area contributed by atoms with Gasteiger partial charge in [0.2, 0.25) is 0 Å². The van der Waals surface area contributed by atoms with Crippen LogP contribution in [0.5, 0.6) is 0 Å². The molecule has 2 aromatic rings. The molecule has 2 rings (SSSR count). The van der Waals surface area contributed by atoms with Crippen LogP contribution in [0.25, 0.3) is 11.1 Å². The van der Waals surface area contributed by atoms with E-state index in [0.29, 0.717) is 6.54 Å². The van der Waals surface area contributed by atoms with E-state index in [9.17, 15) is 0 Å². The molecule has 0 aliphatic carbocycles. The van der Waals surface area contributed by atoms with Crippen molar-refractivity contribution in [2.24, 2.45) is 5.73 Å². The predicted octanol–water partition coefficient (Wildman–Crippen LogP) is 0.904. The summed E-state index contributed by atoms with van der Waals surface area (Å²) in [6.45, 7) is 1.36. The van der Waals surface area contributed by atoms with Gasteiger partial charge in [-0.25, -0.2) is 0 Å². The van der Waals surface area contributed by atoms with Crippen LogP contribution in [0.15, 0.2) is 36.9 Å². The van der Waals surface area contributed by atoms with Crippen molar-refractivity contribution in [2.45, 2.75) is 6.54 Å². The van der Waals surface area contributed by atoms with Crippen LogP contribution in [0.1, 0.15) is 0 Å². The fraction of sp³-hybridized carbons (Fsp3) is 0.200. The van der Waals surface area contributed by atoms with Gasteiger partial charge in [-0.2, -0.15) is 5.10 Å². The summed E-state index contributed by atoms with van der Waals surface area (Å²) in [6, 6.07) is 3.92. The van der Waals surface area contributed by atoms with Crippen LogP contribution in [-0.4, -0.2) is 21.3 Å². The maximum Gasteiger partial charge on any atom is 0.0568 e. The van der Waals surface area contributed by atoms with E-state index in [1.165, 1.54) is 0 Å². The Hall–Kier alpha value is -1.68. The highest BCUT2D eigenvalue weighted by molar-refractivity contribution is 5.60. The molecule has 0 spiro atoms. The average molecular weight is 188 g/mol. The molecule has 2 N–H and O–H groups in total. The summed E-state index contributed by atoms with van der Waals surface area (Å²) in [4.78, 5) is 3.97. The lowest BCUT2D eigenvalue weighted by Crippen LogP contribution is -2.09. The third-order valence-electron chi connectivity index (χ3n) is 2.01. The van der Waals surface area contributed by atoms with Gasteiger partial charge < -0.3 is 5.73 Å². The first kappa shape index (κ1) is 8.90. The Balaban J connectivity index is 2.25. The third-order valence-corrected chi connectivity index (χ3v) is 2.01. The monoisotopic (exact) mass is 188 g/mol. The first-order valence-corrected chi connectivity index (χ1v) is 4.53. The van der Waals surface area contributed by atoms with Gasteiger partial charge in [0.25, 0.3) is 0 Å². The fourth-order valence-corrected chi connectivity index (χ4v) is 1.31. The molecule has 0 unspecified atom stereocenters. The maximum absolute atomic E-state index is 5.44. The summed E-state index contributed by atoms with van der Waals surface area (Å²) < 4.78 is 1.84. The molecule has 0 aliphatic rings. The second-order valence-electron chi connectivity index (χ2n) is 3.02. The quantitative estimate of drug-likeness (QED) is 0.778. The molecule has 0 amide bonds. The largest absolute Gasteiger partial charge is 0.329 e. The van der Waals surface area contributed by atoms with Gasteiger partial charge in [-0.1, -0.05) is 0 Å². The van der Waals surface area contributed by atoms with Gasteiger partial charge in [0, 0.05) is 30.7 Å². The summed E-state index contributed by atoms with van der Waals surface area (Å²) in [5, 5.41) is 4.20. The van der Waals surface area contributed by atoms with Crippen molar-refractivity contribution in [2.75, 3.05) is 6.54 Å². The molecule has 14 heavy (non-hydrogen) atoms. The number of aromatic nitrogens is 3. The molecule has 0 aromatic carbocycles. The van der Waals surface area contributed by atoms with Gasteiger partial charge in [-0.05, 0) is 17.7 Å². The second kappa shape index (κ2) is 4.02. The lowest BCUT2D eigenvalue weighted by atomic mass is 10.1. The van der Waals surface area contributed by atoms with E-state index >= 15 is 0 Å². The first-order valence-electron chi connectivity index (χ1n) is 4.53. The molecule has 4 heteroatoms. The summed E-state index contributed by atoms with van der Waals surface area (Å²) in [5.41, 5.74) is 7.66. The van der Waals surface area contributed by atoms with Gasteiger partial charge in [0.15, 0.2) is 0 Å². The van der Waals surface area contributed by atoms with E-state index in [0.717, 1.165) is 17.7 Å². The molecule has 0 fully saturated rings. The molecule has 2 aromatic heterocycles. The van der Waals surface area contributed by atoms with Crippen LogP contribution >= 0.6 is 0 Å². The Bertz CT molecular complexity index is 394. The third kappa shape index (κ3) is 1.80. The highest BCUT2D eigenvalue weighted by Crippen LogP contribution is 2.16. The van der Waals surface area contributed by atoms with Crippen LogP contribution in [0.3, 0.4) is 0 Å². The van der Waals surface area contributed by atoms with Crippen molar-refractivity contribution in [1.29, 1.82) is 0 Å². The Labute approximate surface area is 82.4 Å². The summed E-state index contributed by atoms with van der Waals surface area (Å²) >= 11 is 0. The summed E-state index contributed by atoms with van der Waals surface area (Å²) in [5.74, 6) is 0. The minimum absolute atomic E-state index is 0.609. The summed E-state index contributed by atoms with van der Waals surface area (Å²) in [7, 11) is 0. The molecule has 72 valence electrons. The first-order chi connectivity index (χ1) is 6.90. The number of hydrogen-bond donors (Lipinski definition) is 1. The molecule has 2 heterocycles. The standard InChI is InChI=1S/C10H12N4/c11-3-6-14-8-10(7-13-14)9-1-4-12-5-2-9/h1-2,4-5,7-8H,3,6,11H2. The molecule has 0 aliphatic heterocycles. The minimum Gasteiger partial charge on any atom is -0.329 e. The van der Waals surface area contributed by atoms with Crippen LogP contribution < -0.4 is 5.73 Å². The molecule has 4 nitrogen and oxygen atoms in total. The number of pyridine rings is 1. The van der Waals surface area contributed by atoms with Crippen LogP contribution in [0.4, 0.5) is 0 Å². The predicted molar refractivity (Wildman–Crippen MR) is 54.5 cm³/mol. The van der Waals surface area contributed by atoms with Crippen molar-refractivity contribution in [3.05, 3.63) is 36.9 Å². The van der Waals surface area contributed by atoms with Gasteiger partial charge >= 0.3 is 0 Å². The van der Waals surface area contributed by atoms with Gasteiger partial charge in [0.05, 0.1) is 12.7 Å². The van der Waals surface area contributed by atoms with Crippen molar-refractivity contribution >= 4 is 0 Å². The molecule has 0 bridgehead atoms. The van der Waals surface area contributed by atoms with E-state index in [4.69, 9.17) is 5.73 Å². The highest BCUT2D eigenvalue weighted by atomic mass is 15.3. The zero-order valence-electron chi connectivity index (χ0n) is 7.80. The average Bonchev–Trinajstić information content (AvgIpc) is 2.68. The lowest BCUT2D eigenvalue weighted by molar-refractivity contribution is 0.625. The minimum atomic E-state index is 0.609. The van der Waals surface area contributed by atoms with E-state index < -0.39 is 0 Å². The fourth-order valence-electron chi connectivity index (χ4n) is 1.31. The normalized spacial score (nSPS) is 10.4. The number of nitrogens with two attached hydrogens (primary N) is 1. The van der Waals surface area contributed by atoms with Crippen molar-refractivity contribution in [1.82, 2.24) is 14.8 Å². The van der Waals surface area contributed by atoms with Crippen molar-refractivity contribution in [3.63, 3.8) is 0 Å². The Morgan fingerprint density at radius 2 is 2.00 bits per heavy atom. The van der Waals surface area contributed by atoms with Gasteiger partial charge in [-0.3, -0.25) is 9.67 Å². The molecular formula is C10H12N4. The molecular weight excluding hydrogens is 176 g/mol. The molecule has 0 atom stereocenters. The SMILES string of the molecule is NCCn1cc(-c2ccncc2)cn1. The van der Waals surface area contributed by atoms with Crippen LogP contribution in [0, 0.1) is 0 Å². The zero-order chi connectivity index (χ0) is 9.80. The number of nitrogens with zero attached hydrogens (tertiary/aromatic N) is 3. The lowest BCUT2D eigenvalue weighted by Gasteiger charge is -1.96.